The van der Waals surface area contributed by atoms with Crippen LogP contribution in [0.2, 0.25) is 15.8 Å². The van der Waals surface area contributed by atoms with E-state index in [4.69, 9.17) is 6.58 Å². The summed E-state index contributed by atoms with van der Waals surface area (Å²) in [5.41, 5.74) is 2.14. The molecule has 2 atom stereocenters. The second-order valence-corrected chi connectivity index (χ2v) is 23.5. The number of carbonyl (C=O) groups excluding carboxylic acids is 1. The molecule has 2 aromatic carbocycles. The third-order valence-corrected chi connectivity index (χ3v) is 22.6. The van der Waals surface area contributed by atoms with E-state index >= 15 is 0 Å². The maximum atomic E-state index is 13.9. The summed E-state index contributed by atoms with van der Waals surface area (Å²) in [5.74, 6) is -0.437. The van der Waals surface area contributed by atoms with Crippen molar-refractivity contribution in [3.8, 4) is 0 Å². The van der Waals surface area contributed by atoms with Gasteiger partial charge in [0, 0.05) is 0 Å². The predicted molar refractivity (Wildman–Crippen MR) is 171 cm³/mol. The first-order valence-corrected chi connectivity index (χ1v) is 22.1. The topological polar surface area (TPSA) is 54.5 Å². The van der Waals surface area contributed by atoms with E-state index in [9.17, 15) is 13.2 Å². The van der Waals surface area contributed by atoms with Crippen molar-refractivity contribution in [3.63, 3.8) is 0 Å². The maximum absolute atomic E-state index is 13.9. The van der Waals surface area contributed by atoms with Gasteiger partial charge < -0.3 is 0 Å². The van der Waals surface area contributed by atoms with Crippen LogP contribution < -0.4 is 0 Å². The Bertz CT molecular complexity index is 1230. The van der Waals surface area contributed by atoms with Gasteiger partial charge in [-0.15, -0.1) is 0 Å². The predicted octanol–water partition coefficient (Wildman–Crippen LogP) is 8.62. The van der Waals surface area contributed by atoms with Gasteiger partial charge in [0.2, 0.25) is 0 Å². The number of nitrogens with zero attached hydrogens (tertiary/aromatic N) is 1. The van der Waals surface area contributed by atoms with Gasteiger partial charge in [0.15, 0.2) is 0 Å². The first kappa shape index (κ1) is 32.6. The molecule has 1 aliphatic heterocycles. The van der Waals surface area contributed by atoms with Crippen molar-refractivity contribution >= 4 is 29.1 Å². The summed E-state index contributed by atoms with van der Waals surface area (Å²) in [6.45, 7) is 18.5. The molecule has 2 aromatic rings. The number of carbonyl (C=O) groups is 1. The minimum absolute atomic E-state index is 0.0778. The third kappa shape index (κ3) is 7.46. The van der Waals surface area contributed by atoms with E-state index in [0.717, 1.165) is 24.8 Å². The summed E-state index contributed by atoms with van der Waals surface area (Å²) in [7, 11) is -3.71. The zero-order valence-corrected chi connectivity index (χ0v) is 28.0. The van der Waals surface area contributed by atoms with Gasteiger partial charge in [-0.25, -0.2) is 0 Å². The molecule has 0 aliphatic carbocycles. The molecule has 0 aromatic heterocycles. The van der Waals surface area contributed by atoms with Crippen molar-refractivity contribution in [2.75, 3.05) is 13.1 Å². The fraction of sp³-hybridized carbons (Fsp3) is 0.500. The number of unbranched alkanes of at least 4 members (excludes halogenated alkanes) is 3. The Morgan fingerprint density at radius 3 is 1.82 bits per heavy atom. The molecule has 4 nitrogen and oxygen atoms in total. The number of ketones is 1. The summed E-state index contributed by atoms with van der Waals surface area (Å²) in [4.78, 5) is 14.0. The van der Waals surface area contributed by atoms with Gasteiger partial charge in [-0.1, -0.05) is 0 Å². The van der Waals surface area contributed by atoms with Crippen molar-refractivity contribution in [2.24, 2.45) is 11.8 Å². The van der Waals surface area contributed by atoms with E-state index in [1.807, 2.05) is 49.4 Å². The minimum atomic E-state index is -3.71. The van der Waals surface area contributed by atoms with E-state index < -0.39 is 23.3 Å². The Morgan fingerprint density at radius 1 is 0.825 bits per heavy atom. The van der Waals surface area contributed by atoms with Crippen LogP contribution in [-0.2, 0) is 10.0 Å². The molecule has 1 heterocycles. The number of hydrogen-bond donors (Lipinski definition) is 0. The standard InChI is InChI=1S/C34H49GeNO3S/c1-7-10-22-35(23-11-8-2,24-12-9-3)29(6)33-26-36(40(38,39)31-20-18-27(4)19-21-31)25-32(33)28(5)34(37)30-16-14-13-15-17-30/h13-21,32-33H,5-12,22-26H2,1-4H3/t32-,33+/m0/s1. The van der Waals surface area contributed by atoms with Gasteiger partial charge >= 0.3 is 247 Å². The number of Topliss-reactive ketones (excluding diaryl/α,β-unsaturated/α-hetero) is 1. The van der Waals surface area contributed by atoms with Crippen LogP contribution in [0.3, 0.4) is 0 Å². The molecule has 40 heavy (non-hydrogen) atoms. The van der Waals surface area contributed by atoms with Gasteiger partial charge in [0.05, 0.1) is 0 Å². The van der Waals surface area contributed by atoms with Crippen LogP contribution in [-0.4, -0.2) is 44.9 Å². The van der Waals surface area contributed by atoms with E-state index in [1.165, 1.54) is 39.4 Å². The molecule has 0 spiro atoms. The van der Waals surface area contributed by atoms with Gasteiger partial charge in [-0.2, -0.15) is 0 Å². The first-order chi connectivity index (χ1) is 19.1. The average molecular weight is 624 g/mol. The zero-order valence-electron chi connectivity index (χ0n) is 25.1. The van der Waals surface area contributed by atoms with Crippen molar-refractivity contribution in [2.45, 2.75) is 86.9 Å². The zero-order chi connectivity index (χ0) is 29.3. The molecular weight excluding hydrogens is 575 g/mol. The van der Waals surface area contributed by atoms with Gasteiger partial charge in [0.25, 0.3) is 0 Å². The fourth-order valence-corrected chi connectivity index (χ4v) is 20.1. The van der Waals surface area contributed by atoms with Crippen molar-refractivity contribution < 1.29 is 13.2 Å². The molecule has 218 valence electrons. The number of aryl methyl sites for hydroxylation is 1. The third-order valence-electron chi connectivity index (χ3n) is 8.88. The number of sulfonamides is 1. The summed E-state index contributed by atoms with van der Waals surface area (Å²) in [6.07, 6.45) is 7.04. The number of benzene rings is 2. The summed E-state index contributed by atoms with van der Waals surface area (Å²) < 4.78 is 30.7. The van der Waals surface area contributed by atoms with Gasteiger partial charge in [-0.3, -0.25) is 0 Å². The van der Waals surface area contributed by atoms with Crippen molar-refractivity contribution in [1.29, 1.82) is 0 Å². The summed E-state index contributed by atoms with van der Waals surface area (Å²) in [6, 6.07) is 16.3. The number of rotatable bonds is 16. The Hall–Kier alpha value is -1.96. The van der Waals surface area contributed by atoms with Crippen LogP contribution in [0.5, 0.6) is 0 Å². The molecular formula is C34H49GeNO3S. The number of hydrogen-bond acceptors (Lipinski definition) is 3. The van der Waals surface area contributed by atoms with Crippen molar-refractivity contribution in [3.05, 3.63) is 88.9 Å². The molecule has 0 amide bonds. The monoisotopic (exact) mass is 625 g/mol. The Kier molecular flexibility index (Phi) is 12.0. The Morgan fingerprint density at radius 2 is 1.32 bits per heavy atom. The first-order valence-electron chi connectivity index (χ1n) is 15.2. The van der Waals surface area contributed by atoms with Crippen LogP contribution in [0.25, 0.3) is 0 Å². The van der Waals surface area contributed by atoms with E-state index in [1.54, 1.807) is 16.4 Å². The molecule has 0 saturated carbocycles. The van der Waals surface area contributed by atoms with Crippen LogP contribution in [0.4, 0.5) is 0 Å². The molecule has 1 fully saturated rings. The Balaban J connectivity index is 2.06. The van der Waals surface area contributed by atoms with Gasteiger partial charge in [-0.05, 0) is 0 Å². The molecule has 0 unspecified atom stereocenters. The molecule has 0 N–H and O–H groups in total. The van der Waals surface area contributed by atoms with Gasteiger partial charge in [0.1, 0.15) is 0 Å². The average Bonchev–Trinajstić information content (AvgIpc) is 3.43. The molecule has 6 heteroatoms. The van der Waals surface area contributed by atoms with E-state index in [-0.39, 0.29) is 24.2 Å². The molecule has 1 aliphatic rings. The van der Waals surface area contributed by atoms with Crippen LogP contribution >= 0.6 is 0 Å². The van der Waals surface area contributed by atoms with E-state index in [0.29, 0.717) is 22.6 Å². The fourth-order valence-electron chi connectivity index (χ4n) is 6.27. The summed E-state index contributed by atoms with van der Waals surface area (Å²) >= 11 is -2.64. The second-order valence-electron chi connectivity index (χ2n) is 11.7. The molecule has 0 bridgehead atoms. The second kappa shape index (κ2) is 14.8. The molecule has 1 saturated heterocycles. The molecule has 0 radical (unpaired) electrons. The summed E-state index contributed by atoms with van der Waals surface area (Å²) in [5, 5.41) is 3.72. The normalized spacial score (nSPS) is 18.1. The van der Waals surface area contributed by atoms with Crippen molar-refractivity contribution in [1.82, 2.24) is 4.31 Å². The molecule has 3 rings (SSSR count). The van der Waals surface area contributed by atoms with Crippen LogP contribution in [0, 0.1) is 18.8 Å². The van der Waals surface area contributed by atoms with E-state index in [2.05, 4.69) is 27.4 Å². The van der Waals surface area contributed by atoms with Crippen LogP contribution in [0.1, 0.15) is 75.2 Å². The quantitative estimate of drug-likeness (QED) is 0.107. The SMILES string of the molecule is C=C(C(=O)c1ccccc1)[C@@H]1CN(S(=O)(=O)c2ccc(C)cc2)C[C@@H]1[C](=C)[Ge]([CH2]CCC)([CH2]CCC)[CH2]CCC. The Labute approximate surface area is 246 Å². The van der Waals surface area contributed by atoms with Crippen LogP contribution in [0.15, 0.2) is 82.6 Å².